The average Bonchev–Trinajstić information content (AvgIpc) is 3.40. The highest BCUT2D eigenvalue weighted by molar-refractivity contribution is 7.13. The number of hydrogen-bond donors (Lipinski definition) is 0. The Kier molecular flexibility index (Phi) is 6.43. The van der Waals surface area contributed by atoms with Gasteiger partial charge in [0.1, 0.15) is 0 Å². The number of aliphatic imine (C=N–C) groups is 1. The van der Waals surface area contributed by atoms with Crippen LogP contribution in [-0.4, -0.2) is 52.6 Å². The minimum absolute atomic E-state index is 0.132. The third-order valence-electron chi connectivity index (χ3n) is 8.73. The molecule has 7 rings (SSSR count). The lowest BCUT2D eigenvalue weighted by molar-refractivity contribution is 0.406. The van der Waals surface area contributed by atoms with E-state index in [-0.39, 0.29) is 12.1 Å². The standard InChI is InChI=1S/C31H29ClN6O2S/c1-35-11-5-22(16-35)37-10-2-3-20-13-21(32)14-25(28(20)37)24-4-9-34-26-15-23(41-29(24)26)17-38-27(39)6-12-36(30(38)40)19-31(18-33)7-8-31/h6,12-15,22H,2-3,5,7-8,10-11,16-17,19H2,1H3/t22-/m0/s1. The minimum atomic E-state index is -0.494. The van der Waals surface area contributed by atoms with Gasteiger partial charge in [0, 0.05) is 65.0 Å². The van der Waals surface area contributed by atoms with Crippen LogP contribution < -0.4 is 16.1 Å². The highest BCUT2D eigenvalue weighted by atomic mass is 35.5. The Hall–Kier alpha value is -3.63. The summed E-state index contributed by atoms with van der Waals surface area (Å²) in [6.07, 6.45) is 6.25. The zero-order valence-corrected chi connectivity index (χ0v) is 24.4. The molecular weight excluding hydrogens is 556 g/mol. The smallest absolute Gasteiger partial charge is 0.331 e. The minimum Gasteiger partial charge on any atom is -0.366 e. The second-order valence-electron chi connectivity index (χ2n) is 11.7. The number of fused-ring (bicyclic) bond motifs is 2. The summed E-state index contributed by atoms with van der Waals surface area (Å²) < 4.78 is 2.73. The number of rotatable bonds is 6. The van der Waals surface area contributed by atoms with Gasteiger partial charge in [0.15, 0.2) is 0 Å². The summed E-state index contributed by atoms with van der Waals surface area (Å²) in [5.41, 5.74) is 7.19. The Balaban J connectivity index is 1.26. The number of halogens is 1. The van der Waals surface area contributed by atoms with Crippen LogP contribution in [0, 0.1) is 16.7 Å². The van der Waals surface area contributed by atoms with Crippen LogP contribution in [0.15, 0.2) is 50.8 Å². The number of anilines is 1. The Morgan fingerprint density at radius 3 is 2.85 bits per heavy atom. The number of nitrogens with zero attached hydrogens (tertiary/aromatic N) is 6. The molecule has 4 aliphatic rings. The predicted molar refractivity (Wildman–Crippen MR) is 162 cm³/mol. The summed E-state index contributed by atoms with van der Waals surface area (Å²) in [6, 6.07) is 10.2. The first-order valence-electron chi connectivity index (χ1n) is 14.1. The van der Waals surface area contributed by atoms with Gasteiger partial charge in [-0.05, 0) is 75.2 Å². The number of aryl methyl sites for hydroxylation is 1. The topological polar surface area (TPSA) is 86.6 Å². The van der Waals surface area contributed by atoms with E-state index in [1.54, 1.807) is 0 Å². The SMILES string of the molecule is CN1CC[C@H](N2CCCc3cc(Cl)cc(C4=C=C=Nc5cc(Cn6c(=O)ccn(CC7(C#N)CC7)c6=O)sc54)c32)C1. The molecule has 0 spiro atoms. The zero-order valence-electron chi connectivity index (χ0n) is 22.8. The molecule has 1 saturated heterocycles. The molecule has 1 aliphatic carbocycles. The number of thiophene rings is 1. The van der Waals surface area contributed by atoms with Gasteiger partial charge >= 0.3 is 5.69 Å². The summed E-state index contributed by atoms with van der Waals surface area (Å²) in [6.45, 7) is 3.56. The predicted octanol–water partition coefficient (Wildman–Crippen LogP) is 4.44. The molecule has 2 aromatic heterocycles. The van der Waals surface area contributed by atoms with Gasteiger partial charge in [-0.3, -0.25) is 13.9 Å². The van der Waals surface area contributed by atoms with Crippen molar-refractivity contribution in [3.63, 3.8) is 0 Å². The van der Waals surface area contributed by atoms with Crippen molar-refractivity contribution in [2.45, 2.75) is 51.2 Å². The molecule has 3 aromatic rings. The van der Waals surface area contributed by atoms with Gasteiger partial charge in [-0.25, -0.2) is 4.79 Å². The number of nitriles is 1. The first-order valence-corrected chi connectivity index (χ1v) is 15.2. The van der Waals surface area contributed by atoms with E-state index < -0.39 is 11.1 Å². The molecule has 208 valence electrons. The molecule has 1 saturated carbocycles. The number of likely N-dealkylation sites (tertiary alicyclic amines) is 1. The molecule has 2 fully saturated rings. The van der Waals surface area contributed by atoms with Crippen molar-refractivity contribution in [3.05, 3.63) is 82.9 Å². The normalized spacial score (nSPS) is 20.5. The van der Waals surface area contributed by atoms with Gasteiger partial charge in [0.25, 0.3) is 5.56 Å². The maximum atomic E-state index is 13.3. The lowest BCUT2D eigenvalue weighted by Crippen LogP contribution is -2.41. The molecule has 3 aliphatic heterocycles. The zero-order chi connectivity index (χ0) is 28.3. The maximum absolute atomic E-state index is 13.3. The van der Waals surface area contributed by atoms with Crippen LogP contribution in [0.3, 0.4) is 0 Å². The molecule has 0 radical (unpaired) electrons. The molecule has 5 heterocycles. The van der Waals surface area contributed by atoms with E-state index in [2.05, 4.69) is 45.6 Å². The molecule has 1 aromatic carbocycles. The second kappa shape index (κ2) is 10.0. The first-order chi connectivity index (χ1) is 19.8. The molecule has 0 bridgehead atoms. The van der Waals surface area contributed by atoms with Gasteiger partial charge < -0.3 is 9.80 Å². The molecule has 1 atom stereocenters. The van der Waals surface area contributed by atoms with Crippen LogP contribution in [0.25, 0.3) is 5.57 Å². The van der Waals surface area contributed by atoms with Crippen molar-refractivity contribution in [1.82, 2.24) is 14.0 Å². The van der Waals surface area contributed by atoms with E-state index in [1.165, 1.54) is 44.0 Å². The fourth-order valence-electron chi connectivity index (χ4n) is 6.38. The number of hydrogen-bond acceptors (Lipinski definition) is 7. The molecule has 41 heavy (non-hydrogen) atoms. The first kappa shape index (κ1) is 26.3. The quantitative estimate of drug-likeness (QED) is 0.313. The monoisotopic (exact) mass is 584 g/mol. The molecule has 0 unspecified atom stereocenters. The highest BCUT2D eigenvalue weighted by Crippen LogP contribution is 2.47. The summed E-state index contributed by atoms with van der Waals surface area (Å²) in [4.78, 5) is 37.2. The Bertz CT molecular complexity index is 1840. The van der Waals surface area contributed by atoms with Crippen LogP contribution in [0.2, 0.25) is 5.02 Å². The van der Waals surface area contributed by atoms with Crippen LogP contribution in [0.4, 0.5) is 11.4 Å². The van der Waals surface area contributed by atoms with E-state index in [9.17, 15) is 14.9 Å². The second-order valence-corrected chi connectivity index (χ2v) is 13.2. The highest BCUT2D eigenvalue weighted by Gasteiger charge is 2.43. The largest absolute Gasteiger partial charge is 0.366 e. The van der Waals surface area contributed by atoms with E-state index in [4.69, 9.17) is 11.6 Å². The Morgan fingerprint density at radius 1 is 1.24 bits per heavy atom. The van der Waals surface area contributed by atoms with Gasteiger partial charge in [-0.1, -0.05) is 11.6 Å². The number of likely N-dealkylation sites (N-methyl/N-ethyl adjacent to an activating group) is 1. The Morgan fingerprint density at radius 2 is 2.10 bits per heavy atom. The lowest BCUT2D eigenvalue weighted by atomic mass is 9.91. The van der Waals surface area contributed by atoms with Gasteiger partial charge in [0.05, 0.1) is 34.2 Å². The summed E-state index contributed by atoms with van der Waals surface area (Å²) in [5, 5.41) is 10.2. The van der Waals surface area contributed by atoms with E-state index >= 15 is 0 Å². The van der Waals surface area contributed by atoms with E-state index in [0.29, 0.717) is 17.6 Å². The summed E-state index contributed by atoms with van der Waals surface area (Å²) in [5.74, 6) is 2.97. The van der Waals surface area contributed by atoms with Gasteiger partial charge in [-0.15, -0.1) is 11.3 Å². The maximum Gasteiger partial charge on any atom is 0.331 e. The van der Waals surface area contributed by atoms with Crippen molar-refractivity contribution in [2.75, 3.05) is 31.6 Å². The fraction of sp³-hybridized carbons (Fsp3) is 0.419. The van der Waals surface area contributed by atoms with E-state index in [1.807, 2.05) is 12.1 Å². The van der Waals surface area contributed by atoms with Crippen LogP contribution in [0.5, 0.6) is 0 Å². The lowest BCUT2D eigenvalue weighted by Gasteiger charge is -2.38. The molecule has 10 heteroatoms. The van der Waals surface area contributed by atoms with Crippen LogP contribution >= 0.6 is 22.9 Å². The van der Waals surface area contributed by atoms with Crippen molar-refractivity contribution >= 4 is 45.8 Å². The molecule has 8 nitrogen and oxygen atoms in total. The summed E-state index contributed by atoms with van der Waals surface area (Å²) in [7, 11) is 2.18. The van der Waals surface area contributed by atoms with Crippen molar-refractivity contribution in [2.24, 2.45) is 10.4 Å². The average molecular weight is 585 g/mol. The Labute approximate surface area is 246 Å². The number of benzene rings is 1. The fourth-order valence-corrected chi connectivity index (χ4v) is 7.72. The van der Waals surface area contributed by atoms with Gasteiger partial charge in [0.2, 0.25) is 0 Å². The third kappa shape index (κ3) is 4.72. The van der Waals surface area contributed by atoms with Crippen molar-refractivity contribution in [3.8, 4) is 6.07 Å². The van der Waals surface area contributed by atoms with Crippen molar-refractivity contribution in [1.29, 1.82) is 5.26 Å². The molecule has 0 amide bonds. The summed E-state index contributed by atoms with van der Waals surface area (Å²) >= 11 is 8.19. The van der Waals surface area contributed by atoms with Crippen LogP contribution in [0.1, 0.15) is 46.6 Å². The van der Waals surface area contributed by atoms with Crippen molar-refractivity contribution < 1.29 is 0 Å². The molecular formula is C31H29ClN6O2S. The van der Waals surface area contributed by atoms with Gasteiger partial charge in [-0.2, -0.15) is 10.3 Å². The van der Waals surface area contributed by atoms with Crippen LogP contribution in [-0.2, 0) is 19.5 Å². The van der Waals surface area contributed by atoms with E-state index in [0.717, 1.165) is 78.3 Å². The third-order valence-corrected chi connectivity index (χ3v) is 10.1. The molecule has 0 N–H and O–H groups in total. The number of aromatic nitrogens is 2.